The van der Waals surface area contributed by atoms with Gasteiger partial charge in [-0.1, -0.05) is 55.8 Å². The molecule has 0 aliphatic carbocycles. The van der Waals surface area contributed by atoms with Crippen molar-refractivity contribution in [2.24, 2.45) is 0 Å². The summed E-state index contributed by atoms with van der Waals surface area (Å²) in [7, 11) is 0. The van der Waals surface area contributed by atoms with Gasteiger partial charge in [-0.25, -0.2) is 4.98 Å². The maximum absolute atomic E-state index is 13.7. The number of carbonyl (C=O) groups excluding carboxylic acids is 2. The Labute approximate surface area is 246 Å². The van der Waals surface area contributed by atoms with Gasteiger partial charge in [-0.05, 0) is 68.5 Å². The molecule has 1 unspecified atom stereocenters. The van der Waals surface area contributed by atoms with E-state index in [0.29, 0.717) is 48.0 Å². The number of unbranched alkanes of at least 4 members (excludes halogenated alkanes) is 1. The number of aromatic nitrogens is 2. The van der Waals surface area contributed by atoms with Crippen molar-refractivity contribution in [3.63, 3.8) is 0 Å². The Bertz CT molecular complexity index is 1640. The van der Waals surface area contributed by atoms with Gasteiger partial charge in [-0.2, -0.15) is 0 Å². The van der Waals surface area contributed by atoms with E-state index in [1.54, 1.807) is 4.90 Å². The number of benzene rings is 2. The average molecular weight is 568 g/mol. The Morgan fingerprint density at radius 2 is 1.76 bits per heavy atom. The fourth-order valence-corrected chi connectivity index (χ4v) is 5.43. The molecule has 1 amide bonds. The number of aliphatic hydroxyl groups excluding tert-OH is 1. The Balaban J connectivity index is 1.64. The molecule has 0 radical (unpaired) electrons. The number of pyridine rings is 1. The zero-order chi connectivity index (χ0) is 29.8. The molecule has 8 heteroatoms. The largest absolute Gasteiger partial charge is 0.505 e. The highest BCUT2D eigenvalue weighted by atomic mass is 16.5. The van der Waals surface area contributed by atoms with Gasteiger partial charge in [-0.15, -0.1) is 0 Å². The highest BCUT2D eigenvalue weighted by Crippen LogP contribution is 2.42. The molecule has 1 aliphatic rings. The van der Waals surface area contributed by atoms with E-state index in [0.717, 1.165) is 24.0 Å². The lowest BCUT2D eigenvalue weighted by Gasteiger charge is -2.26. The van der Waals surface area contributed by atoms with Gasteiger partial charge in [0.15, 0.2) is 17.3 Å². The number of nitrogens with zero attached hydrogens (tertiary/aromatic N) is 3. The quantitative estimate of drug-likeness (QED) is 0.101. The molecule has 5 rings (SSSR count). The number of amides is 1. The fraction of sp³-hybridized carbons (Fsp3) is 0.324. The number of aryl methyl sites for hydroxylation is 2. The number of ether oxygens (including phenoxy) is 2. The van der Waals surface area contributed by atoms with Gasteiger partial charge in [0.1, 0.15) is 11.3 Å². The number of ketones is 1. The Kier molecular flexibility index (Phi) is 8.61. The lowest BCUT2D eigenvalue weighted by molar-refractivity contribution is -0.139. The van der Waals surface area contributed by atoms with Crippen molar-refractivity contribution in [1.29, 1.82) is 0 Å². The van der Waals surface area contributed by atoms with Crippen LogP contribution >= 0.6 is 0 Å². The van der Waals surface area contributed by atoms with Gasteiger partial charge < -0.3 is 23.9 Å². The van der Waals surface area contributed by atoms with Crippen LogP contribution in [0.2, 0.25) is 0 Å². The summed E-state index contributed by atoms with van der Waals surface area (Å²) >= 11 is 0. The summed E-state index contributed by atoms with van der Waals surface area (Å²) in [6, 6.07) is 18.3. The van der Waals surface area contributed by atoms with Gasteiger partial charge in [0, 0.05) is 12.7 Å². The molecule has 0 bridgehead atoms. The molecule has 1 aliphatic heterocycles. The molecule has 3 heterocycles. The van der Waals surface area contributed by atoms with Crippen molar-refractivity contribution in [2.45, 2.75) is 53.0 Å². The van der Waals surface area contributed by atoms with E-state index >= 15 is 0 Å². The molecule has 218 valence electrons. The predicted molar refractivity (Wildman–Crippen MR) is 162 cm³/mol. The van der Waals surface area contributed by atoms with Crippen molar-refractivity contribution in [2.75, 3.05) is 19.8 Å². The van der Waals surface area contributed by atoms with Crippen LogP contribution in [0.4, 0.5) is 0 Å². The van der Waals surface area contributed by atoms with Crippen molar-refractivity contribution in [1.82, 2.24) is 14.3 Å². The summed E-state index contributed by atoms with van der Waals surface area (Å²) < 4.78 is 13.8. The van der Waals surface area contributed by atoms with Gasteiger partial charge in [0.2, 0.25) is 0 Å². The van der Waals surface area contributed by atoms with Crippen molar-refractivity contribution < 1.29 is 24.2 Å². The monoisotopic (exact) mass is 567 g/mol. The van der Waals surface area contributed by atoms with Crippen LogP contribution < -0.4 is 9.47 Å². The summed E-state index contributed by atoms with van der Waals surface area (Å²) in [6.45, 7) is 9.03. The standard InChI is InChI=1S/C34H37N3O5/c1-5-7-20-42-26-16-15-25(21-27(26)41-6-2)30-28(31(38)29-23(4)36-18-11-12-22(3)33(36)35-29)32(39)34(40)37(30)19-17-24-13-9-8-10-14-24/h8-16,18,21,30,38H,5-7,17,19-20H2,1-4H3/b31-28+. The molecule has 1 N–H and O–H groups in total. The summed E-state index contributed by atoms with van der Waals surface area (Å²) in [5.74, 6) is -0.556. The Hall–Kier alpha value is -4.59. The molecule has 8 nitrogen and oxygen atoms in total. The van der Waals surface area contributed by atoms with E-state index < -0.39 is 17.7 Å². The van der Waals surface area contributed by atoms with E-state index in [2.05, 4.69) is 6.92 Å². The van der Waals surface area contributed by atoms with E-state index in [1.807, 2.05) is 92.0 Å². The minimum Gasteiger partial charge on any atom is -0.505 e. The molecule has 0 saturated carbocycles. The van der Waals surface area contributed by atoms with Crippen molar-refractivity contribution >= 4 is 23.1 Å². The molecule has 0 spiro atoms. The summed E-state index contributed by atoms with van der Waals surface area (Å²) in [4.78, 5) is 33.5. The maximum atomic E-state index is 13.7. The summed E-state index contributed by atoms with van der Waals surface area (Å²) in [6.07, 6.45) is 4.32. The van der Waals surface area contributed by atoms with Gasteiger partial charge in [-0.3, -0.25) is 9.59 Å². The van der Waals surface area contributed by atoms with E-state index in [1.165, 1.54) is 0 Å². The summed E-state index contributed by atoms with van der Waals surface area (Å²) in [5, 5.41) is 11.7. The van der Waals surface area contributed by atoms with Gasteiger partial charge in [0.25, 0.3) is 11.7 Å². The van der Waals surface area contributed by atoms with Crippen LogP contribution in [-0.2, 0) is 16.0 Å². The van der Waals surface area contributed by atoms with Crippen LogP contribution in [0.3, 0.4) is 0 Å². The van der Waals surface area contributed by atoms with Crippen LogP contribution in [0.5, 0.6) is 11.5 Å². The number of likely N-dealkylation sites (tertiary alicyclic amines) is 1. The number of carbonyl (C=O) groups is 2. The number of hydrogen-bond donors (Lipinski definition) is 1. The third-order valence-corrected chi connectivity index (χ3v) is 7.67. The lowest BCUT2D eigenvalue weighted by atomic mass is 9.95. The van der Waals surface area contributed by atoms with Crippen molar-refractivity contribution in [3.8, 4) is 11.5 Å². The minimum atomic E-state index is -0.831. The first kappa shape index (κ1) is 28.9. The van der Waals surface area contributed by atoms with Gasteiger partial charge >= 0.3 is 0 Å². The number of Topliss-reactive ketones (excluding diaryl/α,β-unsaturated/α-hetero) is 1. The predicted octanol–water partition coefficient (Wildman–Crippen LogP) is 6.19. The zero-order valence-electron chi connectivity index (χ0n) is 24.6. The molecule has 4 aromatic rings. The molecule has 1 saturated heterocycles. The highest BCUT2D eigenvalue weighted by Gasteiger charge is 2.46. The third kappa shape index (κ3) is 5.49. The SMILES string of the molecule is CCCCOc1ccc(C2/C(=C(\O)c3nc4c(C)cccn4c3C)C(=O)C(=O)N2CCc2ccccc2)cc1OCC. The molecule has 1 atom stereocenters. The second-order valence-electron chi connectivity index (χ2n) is 10.5. The number of aliphatic hydroxyl groups is 1. The maximum Gasteiger partial charge on any atom is 0.295 e. The highest BCUT2D eigenvalue weighted by molar-refractivity contribution is 6.46. The number of rotatable bonds is 11. The minimum absolute atomic E-state index is 0.0133. The molecular formula is C34H37N3O5. The van der Waals surface area contributed by atoms with Crippen LogP contribution in [0, 0.1) is 13.8 Å². The number of hydrogen-bond acceptors (Lipinski definition) is 6. The second-order valence-corrected chi connectivity index (χ2v) is 10.5. The molecule has 1 fully saturated rings. The molecular weight excluding hydrogens is 530 g/mol. The molecule has 42 heavy (non-hydrogen) atoms. The smallest absolute Gasteiger partial charge is 0.295 e. The number of imidazole rings is 1. The molecule has 2 aromatic carbocycles. The first-order valence-electron chi connectivity index (χ1n) is 14.5. The van der Waals surface area contributed by atoms with Crippen LogP contribution in [-0.4, -0.2) is 50.8 Å². The van der Waals surface area contributed by atoms with Crippen molar-refractivity contribution in [3.05, 3.63) is 101 Å². The molecule has 2 aromatic heterocycles. The third-order valence-electron chi connectivity index (χ3n) is 7.67. The number of fused-ring (bicyclic) bond motifs is 1. The first-order chi connectivity index (χ1) is 20.3. The normalized spacial score (nSPS) is 16.4. The topological polar surface area (TPSA) is 93.4 Å². The van der Waals surface area contributed by atoms with Gasteiger partial charge in [0.05, 0.1) is 30.5 Å². The fourth-order valence-electron chi connectivity index (χ4n) is 5.43. The van der Waals surface area contributed by atoms with Crippen LogP contribution in [0.25, 0.3) is 11.4 Å². The summed E-state index contributed by atoms with van der Waals surface area (Å²) in [5.41, 5.74) is 4.26. The first-order valence-corrected chi connectivity index (χ1v) is 14.5. The van der Waals surface area contributed by atoms with E-state index in [4.69, 9.17) is 14.5 Å². The lowest BCUT2D eigenvalue weighted by Crippen LogP contribution is -2.31. The van der Waals surface area contributed by atoms with Crippen LogP contribution in [0.1, 0.15) is 60.8 Å². The zero-order valence-corrected chi connectivity index (χ0v) is 24.6. The second kappa shape index (κ2) is 12.5. The van der Waals surface area contributed by atoms with E-state index in [9.17, 15) is 14.7 Å². The van der Waals surface area contributed by atoms with Crippen LogP contribution in [0.15, 0.2) is 72.4 Å². The Morgan fingerprint density at radius 1 is 0.976 bits per heavy atom. The average Bonchev–Trinajstić information content (AvgIpc) is 3.47. The van der Waals surface area contributed by atoms with E-state index in [-0.39, 0.29) is 23.6 Å². The Morgan fingerprint density at radius 3 is 2.48 bits per heavy atom.